The van der Waals surface area contributed by atoms with E-state index in [1.54, 1.807) is 0 Å². The molecule has 1 aliphatic rings. The molecule has 0 aliphatic heterocycles. The van der Waals surface area contributed by atoms with Crippen LogP contribution in [0.5, 0.6) is 0 Å². The van der Waals surface area contributed by atoms with Crippen LogP contribution in [0.25, 0.3) is 0 Å². The van der Waals surface area contributed by atoms with E-state index in [0.717, 1.165) is 12.2 Å². The summed E-state index contributed by atoms with van der Waals surface area (Å²) in [5.74, 6) is 0.150. The zero-order valence-electron chi connectivity index (χ0n) is 11.6. The Morgan fingerprint density at radius 2 is 2.00 bits per heavy atom. The Bertz CT molecular complexity index is 456. The number of hydrogen-bond donors (Lipinski definition) is 0. The van der Waals surface area contributed by atoms with Crippen LogP contribution in [-0.4, -0.2) is 20.9 Å². The summed E-state index contributed by atoms with van der Waals surface area (Å²) in [6, 6.07) is 0.152. The molecule has 2 atom stereocenters. The van der Waals surface area contributed by atoms with Crippen LogP contribution in [0.4, 0.5) is 13.2 Å². The van der Waals surface area contributed by atoms with Crippen LogP contribution in [0.15, 0.2) is 0 Å². The summed E-state index contributed by atoms with van der Waals surface area (Å²) in [5.41, 5.74) is 0. The number of rotatable bonds is 3. The van der Waals surface area contributed by atoms with Gasteiger partial charge in [0.05, 0.1) is 11.2 Å². The average molecular weight is 354 g/mol. The smallest absolute Gasteiger partial charge is 0.311 e. The zero-order chi connectivity index (χ0) is 14.9. The Labute approximate surface area is 125 Å². The molecule has 1 aromatic heterocycles. The first-order chi connectivity index (χ1) is 9.34. The highest BCUT2D eigenvalue weighted by Crippen LogP contribution is 2.43. The lowest BCUT2D eigenvalue weighted by Crippen LogP contribution is -2.29. The first kappa shape index (κ1) is 15.8. The summed E-state index contributed by atoms with van der Waals surface area (Å²) in [7, 11) is 0. The fraction of sp³-hybridized carbons (Fsp3) is 0.846. The van der Waals surface area contributed by atoms with Crippen LogP contribution in [0, 0.1) is 5.92 Å². The minimum Gasteiger partial charge on any atom is -0.311 e. The number of nitrogens with zero attached hydrogens (tertiary/aromatic N) is 3. The molecular weight excluding hydrogens is 335 g/mol. The van der Waals surface area contributed by atoms with Crippen molar-refractivity contribution in [3.8, 4) is 0 Å². The summed E-state index contributed by atoms with van der Waals surface area (Å²) in [6.45, 7) is 4.01. The number of halogens is 4. The first-order valence-corrected chi connectivity index (χ1v) is 8.03. The summed E-state index contributed by atoms with van der Waals surface area (Å²) in [6.07, 6.45) is -2.36. The summed E-state index contributed by atoms with van der Waals surface area (Å²) < 4.78 is 40.7. The van der Waals surface area contributed by atoms with Crippen LogP contribution < -0.4 is 0 Å². The highest BCUT2D eigenvalue weighted by molar-refractivity contribution is 9.08. The van der Waals surface area contributed by atoms with E-state index in [-0.39, 0.29) is 24.8 Å². The van der Waals surface area contributed by atoms with Crippen molar-refractivity contribution in [2.24, 2.45) is 5.92 Å². The quantitative estimate of drug-likeness (QED) is 0.744. The van der Waals surface area contributed by atoms with Gasteiger partial charge in [-0.25, -0.2) is 0 Å². The fourth-order valence-corrected chi connectivity index (χ4v) is 3.37. The molecule has 1 aromatic rings. The summed E-state index contributed by atoms with van der Waals surface area (Å²) >= 11 is 3.35. The van der Waals surface area contributed by atoms with E-state index in [4.69, 9.17) is 0 Å². The maximum atomic E-state index is 12.9. The topological polar surface area (TPSA) is 30.7 Å². The van der Waals surface area contributed by atoms with Gasteiger partial charge in [-0.15, -0.1) is 10.2 Å². The van der Waals surface area contributed by atoms with Gasteiger partial charge in [0.25, 0.3) is 0 Å². The molecule has 0 spiro atoms. The fourth-order valence-electron chi connectivity index (χ4n) is 2.99. The van der Waals surface area contributed by atoms with Crippen LogP contribution in [0.2, 0.25) is 0 Å². The third kappa shape index (κ3) is 3.18. The van der Waals surface area contributed by atoms with E-state index in [1.165, 1.54) is 0 Å². The maximum Gasteiger partial charge on any atom is 0.391 e. The second-order valence-corrected chi connectivity index (χ2v) is 6.23. The van der Waals surface area contributed by atoms with Gasteiger partial charge in [0.15, 0.2) is 0 Å². The molecule has 2 rings (SSSR count). The highest BCUT2D eigenvalue weighted by Gasteiger charge is 2.43. The number of hydrogen-bond acceptors (Lipinski definition) is 2. The molecule has 0 bridgehead atoms. The van der Waals surface area contributed by atoms with Crippen molar-refractivity contribution >= 4 is 15.9 Å². The molecular formula is C13H19BrF3N3. The molecule has 1 aliphatic carbocycles. The van der Waals surface area contributed by atoms with E-state index in [1.807, 2.05) is 18.4 Å². The number of alkyl halides is 4. The molecule has 1 heterocycles. The molecule has 2 unspecified atom stereocenters. The third-order valence-corrected chi connectivity index (χ3v) is 4.43. The molecule has 0 radical (unpaired) electrons. The van der Waals surface area contributed by atoms with Crippen LogP contribution in [-0.2, 0) is 5.33 Å². The SMILES string of the molecule is CC(C)n1c(CBr)nnc1C1CCCC(C(F)(F)F)C1. The van der Waals surface area contributed by atoms with Crippen LogP contribution in [0.1, 0.15) is 63.1 Å². The number of aromatic nitrogens is 3. The van der Waals surface area contributed by atoms with Crippen molar-refractivity contribution in [2.75, 3.05) is 0 Å². The molecule has 0 saturated heterocycles. The third-order valence-electron chi connectivity index (χ3n) is 3.93. The first-order valence-electron chi connectivity index (χ1n) is 6.91. The minimum absolute atomic E-state index is 0.136. The largest absolute Gasteiger partial charge is 0.391 e. The summed E-state index contributed by atoms with van der Waals surface area (Å²) in [4.78, 5) is 0. The molecule has 0 amide bonds. The minimum atomic E-state index is -4.10. The monoisotopic (exact) mass is 353 g/mol. The zero-order valence-corrected chi connectivity index (χ0v) is 13.2. The van der Waals surface area contributed by atoms with Gasteiger partial charge in [0, 0.05) is 12.0 Å². The van der Waals surface area contributed by atoms with Crippen molar-refractivity contribution < 1.29 is 13.2 Å². The Kier molecular flexibility index (Phi) is 4.76. The van der Waals surface area contributed by atoms with Gasteiger partial charge in [-0.1, -0.05) is 22.4 Å². The Morgan fingerprint density at radius 1 is 1.30 bits per heavy atom. The lowest BCUT2D eigenvalue weighted by Gasteiger charge is -2.30. The normalized spacial score (nSPS) is 24.4. The molecule has 1 fully saturated rings. The van der Waals surface area contributed by atoms with Gasteiger partial charge in [0.2, 0.25) is 0 Å². The van der Waals surface area contributed by atoms with Crippen molar-refractivity contribution in [1.82, 2.24) is 14.8 Å². The van der Waals surface area contributed by atoms with Crippen LogP contribution in [0.3, 0.4) is 0 Å². The maximum absolute atomic E-state index is 12.9. The van der Waals surface area contributed by atoms with Gasteiger partial charge < -0.3 is 4.57 Å². The average Bonchev–Trinajstić information content (AvgIpc) is 2.81. The van der Waals surface area contributed by atoms with Crippen molar-refractivity contribution in [2.45, 2.75) is 63.0 Å². The second-order valence-electron chi connectivity index (χ2n) is 5.67. The predicted molar refractivity (Wildman–Crippen MR) is 73.8 cm³/mol. The van der Waals surface area contributed by atoms with E-state index >= 15 is 0 Å². The molecule has 20 heavy (non-hydrogen) atoms. The Hall–Kier alpha value is -0.590. The van der Waals surface area contributed by atoms with E-state index in [2.05, 4.69) is 26.1 Å². The molecule has 1 saturated carbocycles. The van der Waals surface area contributed by atoms with Crippen molar-refractivity contribution in [3.05, 3.63) is 11.6 Å². The molecule has 114 valence electrons. The van der Waals surface area contributed by atoms with Gasteiger partial charge in [-0.2, -0.15) is 13.2 Å². The van der Waals surface area contributed by atoms with E-state index in [9.17, 15) is 13.2 Å². The standard InChI is InChI=1S/C13H19BrF3N3/c1-8(2)20-11(7-14)18-19-12(20)9-4-3-5-10(6-9)13(15,16)17/h8-10H,3-7H2,1-2H3. The lowest BCUT2D eigenvalue weighted by atomic mass is 9.80. The Balaban J connectivity index is 2.25. The molecule has 0 N–H and O–H groups in total. The van der Waals surface area contributed by atoms with Crippen molar-refractivity contribution in [1.29, 1.82) is 0 Å². The highest BCUT2D eigenvalue weighted by atomic mass is 79.9. The second kappa shape index (κ2) is 6.03. The lowest BCUT2D eigenvalue weighted by molar-refractivity contribution is -0.183. The van der Waals surface area contributed by atoms with Gasteiger partial charge in [-0.05, 0) is 33.1 Å². The molecule has 3 nitrogen and oxygen atoms in total. The van der Waals surface area contributed by atoms with Gasteiger partial charge in [-0.3, -0.25) is 0 Å². The van der Waals surface area contributed by atoms with Gasteiger partial charge >= 0.3 is 6.18 Å². The van der Waals surface area contributed by atoms with Crippen molar-refractivity contribution in [3.63, 3.8) is 0 Å². The van der Waals surface area contributed by atoms with E-state index < -0.39 is 12.1 Å². The van der Waals surface area contributed by atoms with E-state index in [0.29, 0.717) is 17.6 Å². The Morgan fingerprint density at radius 3 is 2.55 bits per heavy atom. The summed E-state index contributed by atoms with van der Waals surface area (Å²) in [5, 5.41) is 8.83. The predicted octanol–water partition coefficient (Wildman–Crippen LogP) is 4.59. The van der Waals surface area contributed by atoms with Crippen LogP contribution >= 0.6 is 15.9 Å². The van der Waals surface area contributed by atoms with Gasteiger partial charge in [0.1, 0.15) is 11.6 Å². The molecule has 0 aromatic carbocycles. The molecule has 7 heteroatoms.